The third kappa shape index (κ3) is 3.41. The Morgan fingerprint density at radius 3 is 2.47 bits per heavy atom. The van der Waals surface area contributed by atoms with Crippen molar-refractivity contribution in [3.05, 3.63) is 0 Å². The van der Waals surface area contributed by atoms with Gasteiger partial charge in [0.25, 0.3) is 0 Å². The van der Waals surface area contributed by atoms with Crippen LogP contribution in [-0.2, 0) is 0 Å². The monoisotopic (exact) mass is 228 g/mol. The van der Waals surface area contributed by atoms with Gasteiger partial charge in [0.1, 0.15) is 0 Å². The van der Waals surface area contributed by atoms with Gasteiger partial charge in [0.2, 0.25) is 0 Å². The first-order chi connectivity index (χ1) is 7.11. The molecule has 0 amide bonds. The normalized spacial score (nSPS) is 36.4. The van der Waals surface area contributed by atoms with Crippen LogP contribution in [0.4, 0.5) is 0 Å². The Morgan fingerprint density at radius 2 is 1.80 bits per heavy atom. The largest absolute Gasteiger partial charge is 0.179 e. The van der Waals surface area contributed by atoms with E-state index in [-0.39, 0.29) is 0 Å². The molecule has 1 saturated carbocycles. The van der Waals surface area contributed by atoms with E-state index in [1.165, 1.54) is 44.9 Å². The molecule has 1 heteroatoms. The predicted octanol–water partition coefficient (Wildman–Crippen LogP) is 4.94. The Labute approximate surface area is 102 Å². The highest BCUT2D eigenvalue weighted by molar-refractivity contribution is 7.80. The molecule has 0 heterocycles. The lowest BCUT2D eigenvalue weighted by Gasteiger charge is -2.41. The number of thiol groups is 1. The van der Waals surface area contributed by atoms with Crippen molar-refractivity contribution in [1.29, 1.82) is 0 Å². The van der Waals surface area contributed by atoms with Crippen molar-refractivity contribution in [2.75, 3.05) is 5.75 Å². The molecule has 1 aliphatic rings. The van der Waals surface area contributed by atoms with E-state index >= 15 is 0 Å². The van der Waals surface area contributed by atoms with Crippen molar-refractivity contribution in [3.63, 3.8) is 0 Å². The maximum absolute atomic E-state index is 4.51. The second-order valence-corrected chi connectivity index (χ2v) is 6.16. The SMILES string of the molecule is C[C@@H]1CCCCCCC[C@]1(C)[C@@H](C)CS. The van der Waals surface area contributed by atoms with E-state index in [1.807, 2.05) is 0 Å². The van der Waals surface area contributed by atoms with E-state index in [0.29, 0.717) is 5.41 Å². The van der Waals surface area contributed by atoms with Crippen LogP contribution in [0, 0.1) is 17.3 Å². The molecule has 0 aliphatic heterocycles. The van der Waals surface area contributed by atoms with Gasteiger partial charge < -0.3 is 0 Å². The summed E-state index contributed by atoms with van der Waals surface area (Å²) in [4.78, 5) is 0. The van der Waals surface area contributed by atoms with Crippen molar-refractivity contribution in [1.82, 2.24) is 0 Å². The minimum Gasteiger partial charge on any atom is -0.179 e. The highest BCUT2D eigenvalue weighted by atomic mass is 32.1. The minimum absolute atomic E-state index is 0.534. The highest BCUT2D eigenvalue weighted by Gasteiger charge is 2.35. The van der Waals surface area contributed by atoms with Gasteiger partial charge in [0.05, 0.1) is 0 Å². The number of hydrogen-bond donors (Lipinski definition) is 1. The van der Waals surface area contributed by atoms with E-state index in [9.17, 15) is 0 Å². The summed E-state index contributed by atoms with van der Waals surface area (Å²) in [6, 6.07) is 0. The van der Waals surface area contributed by atoms with E-state index in [4.69, 9.17) is 0 Å². The van der Waals surface area contributed by atoms with Crippen LogP contribution in [0.25, 0.3) is 0 Å². The average Bonchev–Trinajstić information content (AvgIpc) is 2.32. The zero-order valence-corrected chi connectivity index (χ0v) is 11.7. The molecular formula is C14H28S. The molecule has 15 heavy (non-hydrogen) atoms. The zero-order chi connectivity index (χ0) is 11.3. The summed E-state index contributed by atoms with van der Waals surface area (Å²) in [5.41, 5.74) is 0.534. The van der Waals surface area contributed by atoms with Gasteiger partial charge in [-0.2, -0.15) is 12.6 Å². The molecule has 3 atom stereocenters. The van der Waals surface area contributed by atoms with Gasteiger partial charge in [0, 0.05) is 0 Å². The second kappa shape index (κ2) is 6.18. The summed E-state index contributed by atoms with van der Waals surface area (Å²) >= 11 is 4.51. The summed E-state index contributed by atoms with van der Waals surface area (Å²) in [5, 5.41) is 0. The first-order valence-electron chi connectivity index (χ1n) is 6.72. The summed E-state index contributed by atoms with van der Waals surface area (Å²) < 4.78 is 0. The van der Waals surface area contributed by atoms with Crippen molar-refractivity contribution in [2.45, 2.75) is 65.7 Å². The Morgan fingerprint density at radius 1 is 1.20 bits per heavy atom. The minimum atomic E-state index is 0.534. The third-order valence-corrected chi connectivity index (χ3v) is 5.43. The Kier molecular flexibility index (Phi) is 5.52. The van der Waals surface area contributed by atoms with Crippen molar-refractivity contribution in [3.8, 4) is 0 Å². The summed E-state index contributed by atoms with van der Waals surface area (Å²) in [5.74, 6) is 2.67. The van der Waals surface area contributed by atoms with Crippen LogP contribution >= 0.6 is 12.6 Å². The maximum Gasteiger partial charge on any atom is -0.00668 e. The molecule has 1 aliphatic carbocycles. The molecule has 0 spiro atoms. The van der Waals surface area contributed by atoms with Crippen LogP contribution in [0.1, 0.15) is 65.7 Å². The van der Waals surface area contributed by atoms with Gasteiger partial charge in [-0.15, -0.1) is 0 Å². The lowest BCUT2D eigenvalue weighted by molar-refractivity contribution is 0.106. The quantitative estimate of drug-likeness (QED) is 0.636. The van der Waals surface area contributed by atoms with E-state index in [2.05, 4.69) is 33.4 Å². The van der Waals surface area contributed by atoms with Crippen LogP contribution < -0.4 is 0 Å². The first kappa shape index (κ1) is 13.4. The molecular weight excluding hydrogens is 200 g/mol. The van der Waals surface area contributed by atoms with E-state index in [0.717, 1.165) is 17.6 Å². The fourth-order valence-electron chi connectivity index (χ4n) is 3.00. The van der Waals surface area contributed by atoms with Crippen LogP contribution in [0.5, 0.6) is 0 Å². The molecule has 90 valence electrons. The fraction of sp³-hybridized carbons (Fsp3) is 1.00. The molecule has 0 bridgehead atoms. The highest BCUT2D eigenvalue weighted by Crippen LogP contribution is 2.44. The molecule has 0 nitrogen and oxygen atoms in total. The molecule has 0 N–H and O–H groups in total. The average molecular weight is 228 g/mol. The molecule has 0 unspecified atom stereocenters. The van der Waals surface area contributed by atoms with Gasteiger partial charge in [0.15, 0.2) is 0 Å². The zero-order valence-electron chi connectivity index (χ0n) is 10.8. The fourth-order valence-corrected chi connectivity index (χ4v) is 3.42. The van der Waals surface area contributed by atoms with Crippen LogP contribution in [0.2, 0.25) is 0 Å². The van der Waals surface area contributed by atoms with Crippen LogP contribution in [0.3, 0.4) is 0 Å². The van der Waals surface area contributed by atoms with Crippen molar-refractivity contribution < 1.29 is 0 Å². The van der Waals surface area contributed by atoms with E-state index in [1.54, 1.807) is 0 Å². The summed E-state index contributed by atoms with van der Waals surface area (Å²) in [6.45, 7) is 7.36. The van der Waals surface area contributed by atoms with E-state index < -0.39 is 0 Å². The second-order valence-electron chi connectivity index (χ2n) is 5.80. The molecule has 0 aromatic heterocycles. The smallest absolute Gasteiger partial charge is 0.00668 e. The Bertz CT molecular complexity index is 178. The standard InChI is InChI=1S/C14H28S/c1-12-9-7-5-4-6-8-10-14(12,3)13(2)11-15/h12-13,15H,4-11H2,1-3H3/t12-,13+,14+/m1/s1. The van der Waals surface area contributed by atoms with Crippen molar-refractivity contribution in [2.24, 2.45) is 17.3 Å². The molecule has 0 radical (unpaired) electrons. The van der Waals surface area contributed by atoms with Crippen LogP contribution in [0.15, 0.2) is 0 Å². The molecule has 0 aromatic rings. The van der Waals surface area contributed by atoms with Crippen LogP contribution in [-0.4, -0.2) is 5.75 Å². The maximum atomic E-state index is 4.51. The summed E-state index contributed by atoms with van der Waals surface area (Å²) in [7, 11) is 0. The predicted molar refractivity (Wildman–Crippen MR) is 72.6 cm³/mol. The summed E-state index contributed by atoms with van der Waals surface area (Å²) in [6.07, 6.45) is 10.1. The number of hydrogen-bond acceptors (Lipinski definition) is 1. The Balaban J connectivity index is 2.69. The third-order valence-electron chi connectivity index (χ3n) is 4.88. The topological polar surface area (TPSA) is 0 Å². The van der Waals surface area contributed by atoms with Gasteiger partial charge in [-0.1, -0.05) is 59.3 Å². The van der Waals surface area contributed by atoms with Gasteiger partial charge in [-0.3, -0.25) is 0 Å². The molecule has 1 fully saturated rings. The Hall–Kier alpha value is 0.350. The molecule has 1 rings (SSSR count). The lowest BCUT2D eigenvalue weighted by Crippen LogP contribution is -2.33. The first-order valence-corrected chi connectivity index (χ1v) is 7.35. The van der Waals surface area contributed by atoms with Crippen molar-refractivity contribution >= 4 is 12.6 Å². The molecule has 0 saturated heterocycles. The van der Waals surface area contributed by atoms with Gasteiger partial charge in [-0.05, 0) is 29.4 Å². The lowest BCUT2D eigenvalue weighted by atomic mass is 9.66. The number of rotatable bonds is 2. The van der Waals surface area contributed by atoms with Gasteiger partial charge in [-0.25, -0.2) is 0 Å². The van der Waals surface area contributed by atoms with Gasteiger partial charge >= 0.3 is 0 Å². The molecule has 0 aromatic carbocycles.